The molecule has 1 aromatic carbocycles. The fourth-order valence-corrected chi connectivity index (χ4v) is 2.08. The molecule has 0 atom stereocenters. The summed E-state index contributed by atoms with van der Waals surface area (Å²) in [5.41, 5.74) is 0.876. The quantitative estimate of drug-likeness (QED) is 0.878. The summed E-state index contributed by atoms with van der Waals surface area (Å²) in [7, 11) is 0. The van der Waals surface area contributed by atoms with Gasteiger partial charge in [0, 0.05) is 28.7 Å². The van der Waals surface area contributed by atoms with E-state index in [0.29, 0.717) is 5.02 Å². The highest BCUT2D eigenvalue weighted by molar-refractivity contribution is 6.35. The number of carboxylic acids is 1. The van der Waals surface area contributed by atoms with E-state index < -0.39 is 5.97 Å². The topological polar surface area (TPSA) is 71.3 Å². The van der Waals surface area contributed by atoms with E-state index >= 15 is 0 Å². The molecule has 0 fully saturated rings. The van der Waals surface area contributed by atoms with Crippen LogP contribution in [0, 0.1) is 0 Å². The number of carbonyl (C=O) groups is 2. The van der Waals surface area contributed by atoms with E-state index in [4.69, 9.17) is 16.7 Å². The minimum Gasteiger partial charge on any atom is -0.481 e. The van der Waals surface area contributed by atoms with Crippen LogP contribution in [0.2, 0.25) is 5.02 Å². The van der Waals surface area contributed by atoms with Crippen LogP contribution in [0.4, 0.5) is 0 Å². The first-order valence-corrected chi connectivity index (χ1v) is 6.17. The smallest absolute Gasteiger partial charge is 0.305 e. The molecule has 1 aromatic heterocycles. The number of aromatic nitrogens is 1. The number of halogens is 1. The van der Waals surface area contributed by atoms with Crippen LogP contribution in [0.5, 0.6) is 0 Å². The molecule has 6 heteroatoms. The summed E-state index contributed by atoms with van der Waals surface area (Å²) in [5, 5.41) is 12.6. The number of nitrogens with zero attached hydrogens (tertiary/aromatic N) is 1. The van der Waals surface area contributed by atoms with Crippen molar-refractivity contribution in [3.63, 3.8) is 0 Å². The van der Waals surface area contributed by atoms with E-state index in [-0.39, 0.29) is 25.4 Å². The first-order valence-electron chi connectivity index (χ1n) is 5.80. The molecular weight excluding hydrogens is 268 g/mol. The van der Waals surface area contributed by atoms with E-state index in [0.717, 1.165) is 10.9 Å². The number of nitrogens with one attached hydrogen (secondary N) is 1. The van der Waals surface area contributed by atoms with E-state index in [1.54, 1.807) is 16.8 Å². The summed E-state index contributed by atoms with van der Waals surface area (Å²) in [6.07, 6.45) is 1.71. The summed E-state index contributed by atoms with van der Waals surface area (Å²) >= 11 is 6.05. The second-order valence-electron chi connectivity index (χ2n) is 4.11. The molecule has 0 bridgehead atoms. The standard InChI is InChI=1S/C13H13ClN2O3/c14-10-2-1-3-11-9(10)5-7-16(11)8-12(17)15-6-4-13(18)19/h1-3,5,7H,4,6,8H2,(H,15,17)(H,18,19). The van der Waals surface area contributed by atoms with Gasteiger partial charge in [-0.2, -0.15) is 0 Å². The SMILES string of the molecule is O=C(O)CCNC(=O)Cn1ccc2c(Cl)cccc21. The maximum atomic E-state index is 11.7. The van der Waals surface area contributed by atoms with Crippen LogP contribution in [-0.4, -0.2) is 28.1 Å². The minimum absolute atomic E-state index is 0.0794. The van der Waals surface area contributed by atoms with Crippen molar-refractivity contribution >= 4 is 34.4 Å². The molecule has 0 unspecified atom stereocenters. The van der Waals surface area contributed by atoms with E-state index in [9.17, 15) is 9.59 Å². The van der Waals surface area contributed by atoms with Crippen LogP contribution in [0.15, 0.2) is 30.5 Å². The third-order valence-electron chi connectivity index (χ3n) is 2.74. The Kier molecular flexibility index (Phi) is 4.06. The lowest BCUT2D eigenvalue weighted by Gasteiger charge is -2.06. The van der Waals surface area contributed by atoms with Crippen molar-refractivity contribution in [2.75, 3.05) is 6.54 Å². The zero-order chi connectivity index (χ0) is 13.8. The van der Waals surface area contributed by atoms with Crippen LogP contribution in [0.3, 0.4) is 0 Å². The third kappa shape index (κ3) is 3.26. The Morgan fingerprint density at radius 2 is 2.11 bits per heavy atom. The van der Waals surface area contributed by atoms with Crippen molar-refractivity contribution in [3.8, 4) is 0 Å². The molecule has 0 saturated heterocycles. The lowest BCUT2D eigenvalue weighted by Crippen LogP contribution is -2.29. The van der Waals surface area contributed by atoms with E-state index in [2.05, 4.69) is 5.32 Å². The molecule has 0 spiro atoms. The Labute approximate surface area is 114 Å². The van der Waals surface area contributed by atoms with Crippen LogP contribution in [0.1, 0.15) is 6.42 Å². The number of amides is 1. The predicted molar refractivity (Wildman–Crippen MR) is 72.2 cm³/mol. The Bertz CT molecular complexity index is 621. The molecular formula is C13H13ClN2O3. The molecule has 0 aliphatic carbocycles. The second kappa shape index (κ2) is 5.75. The Morgan fingerprint density at radius 3 is 2.84 bits per heavy atom. The molecule has 1 heterocycles. The number of hydrogen-bond donors (Lipinski definition) is 2. The van der Waals surface area contributed by atoms with Gasteiger partial charge < -0.3 is 15.0 Å². The highest BCUT2D eigenvalue weighted by Gasteiger charge is 2.08. The molecule has 0 aliphatic heterocycles. The van der Waals surface area contributed by atoms with Crippen molar-refractivity contribution in [2.24, 2.45) is 0 Å². The fourth-order valence-electron chi connectivity index (χ4n) is 1.84. The maximum Gasteiger partial charge on any atom is 0.305 e. The molecule has 1 amide bonds. The number of aliphatic carboxylic acids is 1. The number of fused-ring (bicyclic) bond motifs is 1. The van der Waals surface area contributed by atoms with Crippen molar-refractivity contribution in [2.45, 2.75) is 13.0 Å². The average Bonchev–Trinajstić information content (AvgIpc) is 2.73. The van der Waals surface area contributed by atoms with Crippen LogP contribution in [-0.2, 0) is 16.1 Å². The molecule has 19 heavy (non-hydrogen) atoms. The Morgan fingerprint density at radius 1 is 1.32 bits per heavy atom. The predicted octanol–water partition coefficient (Wildman–Crippen LogP) is 1.89. The number of carbonyl (C=O) groups excluding carboxylic acids is 1. The van der Waals surface area contributed by atoms with Gasteiger partial charge in [0.25, 0.3) is 0 Å². The van der Waals surface area contributed by atoms with Gasteiger partial charge in [-0.1, -0.05) is 17.7 Å². The zero-order valence-corrected chi connectivity index (χ0v) is 10.9. The summed E-state index contributed by atoms with van der Waals surface area (Å²) in [5.74, 6) is -1.16. The molecule has 100 valence electrons. The molecule has 0 saturated carbocycles. The van der Waals surface area contributed by atoms with Crippen molar-refractivity contribution in [1.82, 2.24) is 9.88 Å². The summed E-state index contributed by atoms with van der Waals surface area (Å²) in [6, 6.07) is 7.35. The maximum absolute atomic E-state index is 11.7. The largest absolute Gasteiger partial charge is 0.481 e. The molecule has 2 N–H and O–H groups in total. The summed E-state index contributed by atoms with van der Waals surface area (Å²) < 4.78 is 1.78. The number of carboxylic acid groups (broad SMARTS) is 1. The van der Waals surface area contributed by atoms with Gasteiger partial charge in [0.1, 0.15) is 6.54 Å². The number of benzene rings is 1. The van der Waals surface area contributed by atoms with Gasteiger partial charge in [0.2, 0.25) is 5.91 Å². The molecule has 0 radical (unpaired) electrons. The third-order valence-corrected chi connectivity index (χ3v) is 3.07. The highest BCUT2D eigenvalue weighted by Crippen LogP contribution is 2.23. The number of rotatable bonds is 5. The second-order valence-corrected chi connectivity index (χ2v) is 4.52. The molecule has 2 rings (SSSR count). The van der Waals surface area contributed by atoms with Gasteiger partial charge in [0.05, 0.1) is 6.42 Å². The van der Waals surface area contributed by atoms with Gasteiger partial charge in [-0.25, -0.2) is 0 Å². The average molecular weight is 281 g/mol. The molecule has 0 aliphatic rings. The van der Waals surface area contributed by atoms with E-state index in [1.807, 2.05) is 18.2 Å². The van der Waals surface area contributed by atoms with Crippen molar-refractivity contribution in [1.29, 1.82) is 0 Å². The lowest BCUT2D eigenvalue weighted by molar-refractivity contribution is -0.136. The van der Waals surface area contributed by atoms with Crippen LogP contribution >= 0.6 is 11.6 Å². The first-order chi connectivity index (χ1) is 9.08. The molecule has 2 aromatic rings. The highest BCUT2D eigenvalue weighted by atomic mass is 35.5. The minimum atomic E-state index is -0.932. The summed E-state index contributed by atoms with van der Waals surface area (Å²) in [4.78, 5) is 22.0. The monoisotopic (exact) mass is 280 g/mol. The van der Waals surface area contributed by atoms with Gasteiger partial charge in [-0.15, -0.1) is 0 Å². The Balaban J connectivity index is 2.03. The Hall–Kier alpha value is -2.01. The van der Waals surface area contributed by atoms with Crippen molar-refractivity contribution < 1.29 is 14.7 Å². The van der Waals surface area contributed by atoms with Crippen LogP contribution < -0.4 is 5.32 Å². The van der Waals surface area contributed by atoms with Crippen LogP contribution in [0.25, 0.3) is 10.9 Å². The summed E-state index contributed by atoms with van der Waals surface area (Å²) in [6.45, 7) is 0.275. The lowest BCUT2D eigenvalue weighted by atomic mass is 10.2. The normalized spacial score (nSPS) is 10.6. The van der Waals surface area contributed by atoms with Gasteiger partial charge in [-0.3, -0.25) is 9.59 Å². The fraction of sp³-hybridized carbons (Fsp3) is 0.231. The number of hydrogen-bond acceptors (Lipinski definition) is 2. The zero-order valence-electron chi connectivity index (χ0n) is 10.1. The van der Waals surface area contributed by atoms with E-state index in [1.165, 1.54) is 0 Å². The van der Waals surface area contributed by atoms with Gasteiger partial charge >= 0.3 is 5.97 Å². The van der Waals surface area contributed by atoms with Gasteiger partial charge in [0.15, 0.2) is 0 Å². The van der Waals surface area contributed by atoms with Gasteiger partial charge in [-0.05, 0) is 18.2 Å². The first kappa shape index (κ1) is 13.4. The van der Waals surface area contributed by atoms with Crippen molar-refractivity contribution in [3.05, 3.63) is 35.5 Å². The molecule has 5 nitrogen and oxygen atoms in total.